The van der Waals surface area contributed by atoms with Crippen LogP contribution < -0.4 is 0 Å². The smallest absolute Gasteiger partial charge is 0.0771 e. The minimum atomic E-state index is 0. The molecule has 0 heterocycles. The normalized spacial score (nSPS) is 14.4. The summed E-state index contributed by atoms with van der Waals surface area (Å²) in [5.74, 6) is 0. The molecule has 0 amide bonds. The maximum Gasteiger partial charge on any atom is -0.0771 e. The van der Waals surface area contributed by atoms with Gasteiger partial charge in [0.05, 0.1) is 0 Å². The monoisotopic (exact) mass is 390 g/mol. The second kappa shape index (κ2) is 12.7. The summed E-state index contributed by atoms with van der Waals surface area (Å²) in [6, 6.07) is 19.3. The van der Waals surface area contributed by atoms with Crippen molar-refractivity contribution in [2.45, 2.75) is 38.5 Å². The van der Waals surface area contributed by atoms with Gasteiger partial charge in [0, 0.05) is 0 Å². The molecule has 2 aliphatic rings. The molecule has 3 aromatic rings. The first-order valence-corrected chi connectivity index (χ1v) is 9.94. The van der Waals surface area contributed by atoms with Crippen molar-refractivity contribution < 1.29 is 20.0 Å². The molecule has 27 heavy (non-hydrogen) atoms. The van der Waals surface area contributed by atoms with Crippen molar-refractivity contribution in [3.05, 3.63) is 93.8 Å². The predicted molar refractivity (Wildman–Crippen MR) is 120 cm³/mol. The van der Waals surface area contributed by atoms with Gasteiger partial charge in [0.15, 0.2) is 0 Å². The molecule has 0 N–H and O–H groups in total. The summed E-state index contributed by atoms with van der Waals surface area (Å²) < 4.78 is 1.71. The van der Waals surface area contributed by atoms with Gasteiger partial charge in [-0.15, -0.1) is 46.2 Å². The maximum absolute atomic E-state index is 2.99. The molecule has 5 rings (SSSR count). The van der Waals surface area contributed by atoms with Gasteiger partial charge >= 0.3 is 55.9 Å². The van der Waals surface area contributed by atoms with E-state index >= 15 is 0 Å². The largest absolute Gasteiger partial charge is 0.126 e. The molecule has 0 radical (unpaired) electrons. The minimum Gasteiger partial charge on any atom is -0.126 e. The Morgan fingerprint density at radius 1 is 0.778 bits per heavy atom. The Labute approximate surface area is 177 Å². The SMILES string of the molecule is [C-]1=CC=CC1.[CH3-].[CH3-].[Ti]=[C]1CCCCC1.c1ccc2c(c1)[cH-]c1ccccc12. The Morgan fingerprint density at radius 2 is 1.33 bits per heavy atom. The van der Waals surface area contributed by atoms with Gasteiger partial charge in [-0.2, -0.15) is 6.08 Å². The Morgan fingerprint density at radius 3 is 1.70 bits per heavy atom. The summed E-state index contributed by atoms with van der Waals surface area (Å²) in [5, 5.41) is 5.39. The van der Waals surface area contributed by atoms with Gasteiger partial charge in [-0.25, -0.2) is 12.2 Å². The molecule has 1 saturated carbocycles. The fourth-order valence-corrected chi connectivity index (χ4v) is 3.77. The summed E-state index contributed by atoms with van der Waals surface area (Å²) in [4.78, 5) is 0. The van der Waals surface area contributed by atoms with Crippen molar-refractivity contribution in [1.29, 1.82) is 0 Å². The number of hydrogen-bond acceptors (Lipinski definition) is 0. The first-order valence-electron chi connectivity index (χ1n) is 9.16. The second-order valence-corrected chi connectivity index (χ2v) is 7.59. The van der Waals surface area contributed by atoms with Crippen molar-refractivity contribution in [1.82, 2.24) is 0 Å². The standard InChI is InChI=1S/C13H9.C6H10.C5H5.2CH3.Ti/c1-3-7-12-10(5-1)9-11-6-2-4-8-13(11)12;1-2-4-6-5-3-1;1-2-4-5-3-1;;;/h1-9H;1-5H2;1-3H,4H2;2*1H3;/q-1;;3*-1;. The van der Waals surface area contributed by atoms with Crippen molar-refractivity contribution in [3.8, 4) is 0 Å². The minimum absolute atomic E-state index is 0. The Hall–Kier alpha value is -1.63. The Bertz CT molecular complexity index is 811. The molecule has 0 aliphatic heterocycles. The van der Waals surface area contributed by atoms with Crippen molar-refractivity contribution in [3.63, 3.8) is 0 Å². The van der Waals surface area contributed by atoms with Crippen molar-refractivity contribution >= 4 is 25.4 Å². The number of benzene rings is 2. The fraction of sp³-hybridized carbons (Fsp3) is 0.231. The molecule has 0 aromatic heterocycles. The Kier molecular flexibility index (Phi) is 11.0. The van der Waals surface area contributed by atoms with Crippen LogP contribution in [0.2, 0.25) is 0 Å². The van der Waals surface area contributed by atoms with Crippen LogP contribution in [0.25, 0.3) is 21.5 Å². The fourth-order valence-electron chi connectivity index (χ4n) is 3.22. The van der Waals surface area contributed by atoms with E-state index in [0.717, 1.165) is 6.42 Å². The van der Waals surface area contributed by atoms with Crippen LogP contribution in [0.4, 0.5) is 0 Å². The van der Waals surface area contributed by atoms with Gasteiger partial charge in [0.2, 0.25) is 0 Å². The number of allylic oxidation sites excluding steroid dienone is 4. The molecule has 0 spiro atoms. The van der Waals surface area contributed by atoms with Crippen LogP contribution in [-0.2, 0) is 20.0 Å². The average Bonchev–Trinajstić information content (AvgIpc) is 3.34. The molecule has 142 valence electrons. The number of hydrogen-bond donors (Lipinski definition) is 0. The van der Waals surface area contributed by atoms with E-state index in [1.54, 1.807) is 3.81 Å². The molecule has 0 saturated heterocycles. The molecule has 0 bridgehead atoms. The molecule has 0 atom stereocenters. The van der Waals surface area contributed by atoms with E-state index in [2.05, 4.69) is 86.7 Å². The average molecular weight is 390 g/mol. The van der Waals surface area contributed by atoms with Crippen LogP contribution in [0.3, 0.4) is 0 Å². The topological polar surface area (TPSA) is 0 Å². The zero-order valence-corrected chi connectivity index (χ0v) is 18.2. The van der Waals surface area contributed by atoms with Gasteiger partial charge in [-0.1, -0.05) is 36.4 Å². The number of fused-ring (bicyclic) bond motifs is 3. The first-order chi connectivity index (χ1) is 12.3. The first kappa shape index (κ1) is 23.4. The summed E-state index contributed by atoms with van der Waals surface area (Å²) in [7, 11) is 0. The molecule has 0 unspecified atom stereocenters. The third-order valence-corrected chi connectivity index (χ3v) is 5.35. The van der Waals surface area contributed by atoms with E-state index < -0.39 is 0 Å². The van der Waals surface area contributed by atoms with Crippen LogP contribution in [0.15, 0.2) is 72.8 Å². The molecule has 1 heteroatoms. The van der Waals surface area contributed by atoms with Crippen LogP contribution in [-0.4, -0.2) is 3.81 Å². The Balaban J connectivity index is 0.000000223. The van der Waals surface area contributed by atoms with E-state index in [1.807, 2.05) is 12.2 Å². The quantitative estimate of drug-likeness (QED) is 0.274. The van der Waals surface area contributed by atoms with Crippen molar-refractivity contribution in [2.24, 2.45) is 0 Å². The third-order valence-electron chi connectivity index (χ3n) is 4.57. The zero-order valence-electron chi connectivity index (χ0n) is 16.7. The van der Waals surface area contributed by atoms with E-state index in [-0.39, 0.29) is 14.9 Å². The summed E-state index contributed by atoms with van der Waals surface area (Å²) in [6.45, 7) is 0. The van der Waals surface area contributed by atoms with Crippen molar-refractivity contribution in [2.75, 3.05) is 0 Å². The summed E-state index contributed by atoms with van der Waals surface area (Å²) in [5.41, 5.74) is 0. The van der Waals surface area contributed by atoms with Crippen LogP contribution >= 0.6 is 0 Å². The molecule has 3 aromatic carbocycles. The van der Waals surface area contributed by atoms with E-state index in [1.165, 1.54) is 53.6 Å². The third kappa shape index (κ3) is 7.13. The molecule has 1 fully saturated rings. The van der Waals surface area contributed by atoms with Gasteiger partial charge < -0.3 is 14.9 Å². The van der Waals surface area contributed by atoms with E-state index in [9.17, 15) is 0 Å². The van der Waals surface area contributed by atoms with E-state index in [4.69, 9.17) is 0 Å². The van der Waals surface area contributed by atoms with Crippen LogP contribution in [0.1, 0.15) is 38.5 Å². The zero-order chi connectivity index (χ0) is 17.3. The van der Waals surface area contributed by atoms with Gasteiger partial charge in [-0.3, -0.25) is 6.08 Å². The van der Waals surface area contributed by atoms with E-state index in [0.29, 0.717) is 0 Å². The van der Waals surface area contributed by atoms with Crippen LogP contribution in [0.5, 0.6) is 0 Å². The van der Waals surface area contributed by atoms with Gasteiger partial charge in [0.1, 0.15) is 0 Å². The molecular formula is C26H30Ti-4. The molecular weight excluding hydrogens is 360 g/mol. The second-order valence-electron chi connectivity index (χ2n) is 6.49. The summed E-state index contributed by atoms with van der Waals surface area (Å²) >= 11 is 2.28. The van der Waals surface area contributed by atoms with Gasteiger partial charge in [-0.05, 0) is 0 Å². The predicted octanol–water partition coefficient (Wildman–Crippen LogP) is 7.59. The summed E-state index contributed by atoms with van der Waals surface area (Å²) in [6.07, 6.45) is 17.2. The maximum atomic E-state index is 2.99. The van der Waals surface area contributed by atoms with Crippen LogP contribution in [0, 0.1) is 20.9 Å². The number of rotatable bonds is 0. The van der Waals surface area contributed by atoms with Gasteiger partial charge in [0.25, 0.3) is 0 Å². The molecule has 2 aliphatic carbocycles. The molecule has 0 nitrogen and oxygen atoms in total.